The zero-order chi connectivity index (χ0) is 23.8. The second kappa shape index (κ2) is 9.57. The van der Waals surface area contributed by atoms with Gasteiger partial charge in [0.1, 0.15) is 6.04 Å². The molecule has 2 aliphatic heterocycles. The highest BCUT2D eigenvalue weighted by Gasteiger charge is 2.39. The SMILES string of the molecule is CC(CC(C)(C)C)NC1CCCC[C@@H]1Cc1ccc2c(c1)CN(C1CCC(=O)NC1=O)C2=O. The first kappa shape index (κ1) is 23.9. The Morgan fingerprint density at radius 3 is 2.61 bits per heavy atom. The van der Waals surface area contributed by atoms with E-state index < -0.39 is 6.04 Å². The fourth-order valence-electron chi connectivity index (χ4n) is 6.07. The molecule has 3 unspecified atom stereocenters. The molecule has 1 aromatic rings. The molecule has 2 fully saturated rings. The van der Waals surface area contributed by atoms with E-state index in [9.17, 15) is 14.4 Å². The Balaban J connectivity index is 1.42. The standard InChI is InChI=1S/C27H39N3O3/c1-17(15-27(2,3)4)28-22-8-6-5-7-19(22)13-18-9-10-21-20(14-18)16-30(26(21)33)23-11-12-24(31)29-25(23)32/h9-10,14,17,19,22-23,28H,5-8,11-13,15-16H2,1-4H3,(H,29,31,32)/t17?,19-,22?,23?/m1/s1. The highest BCUT2D eigenvalue weighted by atomic mass is 16.2. The molecular weight excluding hydrogens is 414 g/mol. The van der Waals surface area contributed by atoms with Gasteiger partial charge in [-0.05, 0) is 67.6 Å². The molecule has 6 nitrogen and oxygen atoms in total. The molecule has 1 aromatic carbocycles. The Morgan fingerprint density at radius 1 is 1.12 bits per heavy atom. The highest BCUT2D eigenvalue weighted by molar-refractivity contribution is 6.05. The lowest BCUT2D eigenvalue weighted by atomic mass is 9.79. The molecule has 3 aliphatic rings. The number of carbonyl (C=O) groups excluding carboxylic acids is 3. The van der Waals surface area contributed by atoms with Crippen LogP contribution in [0.5, 0.6) is 0 Å². The first-order chi connectivity index (χ1) is 15.6. The van der Waals surface area contributed by atoms with Crippen LogP contribution < -0.4 is 10.6 Å². The van der Waals surface area contributed by atoms with Gasteiger partial charge in [-0.2, -0.15) is 0 Å². The van der Waals surface area contributed by atoms with Crippen LogP contribution in [0.3, 0.4) is 0 Å². The minimum Gasteiger partial charge on any atom is -0.322 e. The van der Waals surface area contributed by atoms with Crippen LogP contribution in [0.1, 0.15) is 94.1 Å². The van der Waals surface area contributed by atoms with Gasteiger partial charge in [0.05, 0.1) is 0 Å². The van der Waals surface area contributed by atoms with Gasteiger partial charge in [-0.25, -0.2) is 0 Å². The zero-order valence-corrected chi connectivity index (χ0v) is 20.6. The fraction of sp³-hybridized carbons (Fsp3) is 0.667. The minimum atomic E-state index is -0.553. The maximum absolute atomic E-state index is 13.0. The number of benzene rings is 1. The molecule has 1 saturated carbocycles. The smallest absolute Gasteiger partial charge is 0.255 e. The lowest BCUT2D eigenvalue weighted by molar-refractivity contribution is -0.136. The van der Waals surface area contributed by atoms with Crippen LogP contribution in [0.15, 0.2) is 18.2 Å². The summed E-state index contributed by atoms with van der Waals surface area (Å²) < 4.78 is 0. The molecule has 0 radical (unpaired) electrons. The van der Waals surface area contributed by atoms with Crippen LogP contribution in [0.4, 0.5) is 0 Å². The van der Waals surface area contributed by atoms with Gasteiger partial charge < -0.3 is 10.2 Å². The average molecular weight is 454 g/mol. The summed E-state index contributed by atoms with van der Waals surface area (Å²) in [5.41, 5.74) is 3.29. The van der Waals surface area contributed by atoms with Crippen LogP contribution in [0.25, 0.3) is 0 Å². The van der Waals surface area contributed by atoms with Crippen molar-refractivity contribution < 1.29 is 14.4 Å². The lowest BCUT2D eigenvalue weighted by Gasteiger charge is -2.36. The van der Waals surface area contributed by atoms with Crippen molar-refractivity contribution in [3.63, 3.8) is 0 Å². The van der Waals surface area contributed by atoms with Gasteiger partial charge in [0.2, 0.25) is 11.8 Å². The Hall–Kier alpha value is -2.21. The first-order valence-corrected chi connectivity index (χ1v) is 12.6. The van der Waals surface area contributed by atoms with Gasteiger partial charge in [-0.15, -0.1) is 0 Å². The predicted molar refractivity (Wildman–Crippen MR) is 129 cm³/mol. The molecule has 33 heavy (non-hydrogen) atoms. The molecule has 0 aromatic heterocycles. The summed E-state index contributed by atoms with van der Waals surface area (Å²) in [6, 6.07) is 6.67. The van der Waals surface area contributed by atoms with Crippen molar-refractivity contribution in [1.29, 1.82) is 0 Å². The molecule has 6 heteroatoms. The number of nitrogens with one attached hydrogen (secondary N) is 2. The van der Waals surface area contributed by atoms with E-state index in [1.165, 1.54) is 31.2 Å². The van der Waals surface area contributed by atoms with Crippen LogP contribution in [-0.4, -0.2) is 40.7 Å². The largest absolute Gasteiger partial charge is 0.322 e. The van der Waals surface area contributed by atoms with Gasteiger partial charge >= 0.3 is 0 Å². The van der Waals surface area contributed by atoms with Crippen molar-refractivity contribution in [3.8, 4) is 0 Å². The number of rotatable bonds is 6. The fourth-order valence-corrected chi connectivity index (χ4v) is 6.07. The average Bonchev–Trinajstić information content (AvgIpc) is 3.04. The number of amides is 3. The second-order valence-electron chi connectivity index (χ2n) is 11.6. The number of piperidine rings is 1. The quantitative estimate of drug-likeness (QED) is 0.639. The third kappa shape index (κ3) is 5.65. The van der Waals surface area contributed by atoms with Crippen LogP contribution >= 0.6 is 0 Å². The Bertz CT molecular complexity index is 920. The van der Waals surface area contributed by atoms with Gasteiger partial charge in [0.25, 0.3) is 5.91 Å². The third-order valence-corrected chi connectivity index (χ3v) is 7.41. The van der Waals surface area contributed by atoms with Gasteiger partial charge in [0, 0.05) is 30.6 Å². The van der Waals surface area contributed by atoms with Gasteiger partial charge in [0.15, 0.2) is 0 Å². The molecule has 4 atom stereocenters. The van der Waals surface area contributed by atoms with E-state index >= 15 is 0 Å². The van der Waals surface area contributed by atoms with Crippen LogP contribution in [-0.2, 0) is 22.6 Å². The van der Waals surface area contributed by atoms with Crippen molar-refractivity contribution >= 4 is 17.7 Å². The zero-order valence-electron chi connectivity index (χ0n) is 20.6. The number of carbonyl (C=O) groups is 3. The molecule has 1 saturated heterocycles. The Labute approximate surface area is 197 Å². The van der Waals surface area contributed by atoms with E-state index in [-0.39, 0.29) is 24.1 Å². The van der Waals surface area contributed by atoms with Crippen molar-refractivity contribution in [2.24, 2.45) is 11.3 Å². The van der Waals surface area contributed by atoms with Gasteiger partial charge in [-0.3, -0.25) is 19.7 Å². The summed E-state index contributed by atoms with van der Waals surface area (Å²) in [4.78, 5) is 38.4. The first-order valence-electron chi connectivity index (χ1n) is 12.6. The summed E-state index contributed by atoms with van der Waals surface area (Å²) in [7, 11) is 0. The lowest BCUT2D eigenvalue weighted by Crippen LogP contribution is -2.52. The number of hydrogen-bond donors (Lipinski definition) is 2. The third-order valence-electron chi connectivity index (χ3n) is 7.41. The summed E-state index contributed by atoms with van der Waals surface area (Å²) in [6.45, 7) is 9.65. The molecular formula is C27H39N3O3. The summed E-state index contributed by atoms with van der Waals surface area (Å²) in [6.07, 6.45) is 7.89. The van der Waals surface area contributed by atoms with Crippen LogP contribution in [0.2, 0.25) is 0 Å². The van der Waals surface area contributed by atoms with Crippen molar-refractivity contribution in [2.45, 2.75) is 104 Å². The molecule has 180 valence electrons. The van der Waals surface area contributed by atoms with E-state index in [0.717, 1.165) is 18.4 Å². The number of fused-ring (bicyclic) bond motifs is 1. The molecule has 0 spiro atoms. The number of hydrogen-bond acceptors (Lipinski definition) is 4. The minimum absolute atomic E-state index is 0.0979. The normalized spacial score (nSPS) is 26.8. The topological polar surface area (TPSA) is 78.5 Å². The number of nitrogens with zero attached hydrogens (tertiary/aromatic N) is 1. The van der Waals surface area contributed by atoms with E-state index in [1.807, 2.05) is 6.07 Å². The molecule has 2 N–H and O–H groups in total. The van der Waals surface area contributed by atoms with E-state index in [4.69, 9.17) is 0 Å². The van der Waals surface area contributed by atoms with Crippen LogP contribution in [0, 0.1) is 11.3 Å². The molecule has 0 bridgehead atoms. The molecule has 4 rings (SSSR count). The van der Waals surface area contributed by atoms with Gasteiger partial charge in [-0.1, -0.05) is 45.7 Å². The molecule has 1 aliphatic carbocycles. The van der Waals surface area contributed by atoms with E-state index in [1.54, 1.807) is 4.90 Å². The maximum atomic E-state index is 13.0. The summed E-state index contributed by atoms with van der Waals surface area (Å²) >= 11 is 0. The van der Waals surface area contributed by atoms with Crippen molar-refractivity contribution in [2.75, 3.05) is 0 Å². The number of imide groups is 1. The predicted octanol–water partition coefficient (Wildman–Crippen LogP) is 3.96. The highest BCUT2D eigenvalue weighted by Crippen LogP contribution is 2.32. The Morgan fingerprint density at radius 2 is 1.88 bits per heavy atom. The summed E-state index contributed by atoms with van der Waals surface area (Å²) in [5, 5.41) is 6.30. The second-order valence-corrected chi connectivity index (χ2v) is 11.6. The van der Waals surface area contributed by atoms with E-state index in [2.05, 4.69) is 50.5 Å². The molecule has 2 heterocycles. The Kier molecular flexibility index (Phi) is 6.94. The maximum Gasteiger partial charge on any atom is 0.255 e. The molecule has 3 amide bonds. The summed E-state index contributed by atoms with van der Waals surface area (Å²) in [5.74, 6) is -0.106. The van der Waals surface area contributed by atoms with E-state index in [0.29, 0.717) is 41.9 Å². The monoisotopic (exact) mass is 453 g/mol. The van der Waals surface area contributed by atoms with Crippen molar-refractivity contribution in [3.05, 3.63) is 34.9 Å². The van der Waals surface area contributed by atoms with Crippen molar-refractivity contribution in [1.82, 2.24) is 15.5 Å².